The Kier molecular flexibility index (Phi) is 4.96. The molecule has 160 valence electrons. The van der Waals surface area contributed by atoms with E-state index in [2.05, 4.69) is 49.6 Å². The summed E-state index contributed by atoms with van der Waals surface area (Å²) in [7, 11) is 0. The van der Waals surface area contributed by atoms with E-state index >= 15 is 0 Å². The molecule has 3 aliphatic rings. The molecule has 1 saturated heterocycles. The van der Waals surface area contributed by atoms with Crippen molar-refractivity contribution >= 4 is 24.1 Å². The molecule has 0 bridgehead atoms. The van der Waals surface area contributed by atoms with Crippen LogP contribution in [0.5, 0.6) is 0 Å². The average Bonchev–Trinajstić information content (AvgIpc) is 3.31. The molecule has 32 heavy (non-hydrogen) atoms. The average molecular weight is 460 g/mol. The summed E-state index contributed by atoms with van der Waals surface area (Å²) in [5, 5.41) is 0. The monoisotopic (exact) mass is 460 g/mol. The van der Waals surface area contributed by atoms with Crippen LogP contribution >= 0.6 is 0 Å². The Morgan fingerprint density at radius 2 is 1.19 bits per heavy atom. The van der Waals surface area contributed by atoms with Gasteiger partial charge in [0.25, 0.3) is 0 Å². The van der Waals surface area contributed by atoms with E-state index in [0.717, 1.165) is 39.8 Å². The van der Waals surface area contributed by atoms with Crippen molar-refractivity contribution < 1.29 is 33.6 Å². The Hall–Kier alpha value is -2.95. The molecule has 2 atom stereocenters. The Labute approximate surface area is 192 Å². The van der Waals surface area contributed by atoms with Gasteiger partial charge in [0.2, 0.25) is 0 Å². The van der Waals surface area contributed by atoms with Crippen molar-refractivity contribution in [2.45, 2.75) is 28.7 Å². The van der Waals surface area contributed by atoms with Crippen LogP contribution in [0, 0.1) is 0 Å². The predicted molar refractivity (Wildman–Crippen MR) is 121 cm³/mol. The topological polar surface area (TPSA) is 52.6 Å². The van der Waals surface area contributed by atoms with Crippen molar-refractivity contribution in [2.24, 2.45) is 0 Å². The molecule has 0 saturated carbocycles. The molecule has 0 aromatic heterocycles. The van der Waals surface area contributed by atoms with Crippen LogP contribution < -0.4 is 0 Å². The molecular weight excluding hydrogens is 436 g/mol. The predicted octanol–water partition coefficient (Wildman–Crippen LogP) is 5.89. The van der Waals surface area contributed by atoms with Gasteiger partial charge in [0, 0.05) is 0 Å². The summed E-state index contributed by atoms with van der Waals surface area (Å²) in [6.07, 6.45) is 5.10. The molecule has 2 aromatic rings. The number of fused-ring (bicyclic) bond motifs is 6. The third kappa shape index (κ3) is 3.09. The van der Waals surface area contributed by atoms with Gasteiger partial charge in [0.05, 0.1) is 0 Å². The minimum atomic E-state index is -4.38. The molecule has 2 aromatic carbocycles. The standard InChI is InChI=1S/C19H14.2C4H6O2.Ti/c1-2-6-17-11-14(10-16(17)5-1)9-15-12-18-7-3-4-8-19(18)13-15;2*1-3(2)4(5)6;/h1-8,10-13H,9H2;2*1H2,2H3,(H,5,6);/q;;;+2/p-2. The van der Waals surface area contributed by atoms with Crippen molar-refractivity contribution in [3.8, 4) is 0 Å². The molecule has 5 heteroatoms. The summed E-state index contributed by atoms with van der Waals surface area (Å²) >= 11 is -4.38. The molecular formula is C27H24O4Ti. The molecule has 1 aliphatic heterocycles. The van der Waals surface area contributed by atoms with E-state index in [0.29, 0.717) is 11.1 Å². The molecule has 4 nitrogen and oxygen atoms in total. The molecule has 0 N–H and O–H groups in total. The van der Waals surface area contributed by atoms with E-state index in [1.165, 1.54) is 0 Å². The van der Waals surface area contributed by atoms with Crippen LogP contribution in [0.4, 0.5) is 0 Å². The van der Waals surface area contributed by atoms with Crippen molar-refractivity contribution in [1.29, 1.82) is 0 Å². The Morgan fingerprint density at radius 1 is 0.781 bits per heavy atom. The number of benzene rings is 2. The fourth-order valence-corrected chi connectivity index (χ4v) is 12.3. The summed E-state index contributed by atoms with van der Waals surface area (Å²) < 4.78 is 12.3. The van der Waals surface area contributed by atoms with Gasteiger partial charge in [0.15, 0.2) is 0 Å². The van der Waals surface area contributed by atoms with Crippen molar-refractivity contribution in [3.63, 3.8) is 0 Å². The van der Waals surface area contributed by atoms with E-state index in [9.17, 15) is 9.59 Å². The number of hydrogen-bond acceptors (Lipinski definition) is 4. The molecule has 1 heterocycles. The van der Waals surface area contributed by atoms with Crippen LogP contribution in [0.15, 0.2) is 84.0 Å². The van der Waals surface area contributed by atoms with Gasteiger partial charge in [0.1, 0.15) is 0 Å². The van der Waals surface area contributed by atoms with E-state index in [4.69, 9.17) is 6.64 Å². The summed E-state index contributed by atoms with van der Waals surface area (Å²) in [4.78, 5) is 26.1. The first kappa shape index (κ1) is 20.9. The summed E-state index contributed by atoms with van der Waals surface area (Å²) in [5.74, 6) is -1.01. The van der Waals surface area contributed by atoms with E-state index in [-0.39, 0.29) is 8.45 Å². The Bertz CT molecular complexity index is 1170. The first-order valence-electron chi connectivity index (χ1n) is 10.7. The van der Waals surface area contributed by atoms with Crippen molar-refractivity contribution in [3.05, 3.63) is 106 Å². The quantitative estimate of drug-likeness (QED) is 0.422. The van der Waals surface area contributed by atoms with Gasteiger partial charge in [-0.2, -0.15) is 0 Å². The van der Waals surface area contributed by atoms with Gasteiger partial charge in [-0.15, -0.1) is 0 Å². The second kappa shape index (κ2) is 7.58. The normalized spacial score (nSPS) is 21.2. The fourth-order valence-electron chi connectivity index (χ4n) is 5.16. The van der Waals surface area contributed by atoms with Crippen LogP contribution in [0.1, 0.15) is 51.0 Å². The summed E-state index contributed by atoms with van der Waals surface area (Å²) in [6, 6.07) is 16.2. The zero-order chi connectivity index (χ0) is 22.6. The zero-order valence-corrected chi connectivity index (χ0v) is 19.7. The van der Waals surface area contributed by atoms with Crippen molar-refractivity contribution in [1.82, 2.24) is 0 Å². The number of carbonyl (C=O) groups excluding carboxylic acids is 2. The SMILES string of the molecule is C=C(C)C(=O)[O][Ti]1([O]C(=O)C(=C)C)[CH]2C(=Cc3ccccc32)CC2=Cc3ccccc3[CH]21. The fraction of sp³-hybridized carbons (Fsp3) is 0.185. The van der Waals surface area contributed by atoms with Gasteiger partial charge in [-0.05, 0) is 0 Å². The van der Waals surface area contributed by atoms with E-state index < -0.39 is 29.3 Å². The van der Waals surface area contributed by atoms with Crippen molar-refractivity contribution in [2.75, 3.05) is 0 Å². The Morgan fingerprint density at radius 3 is 1.59 bits per heavy atom. The third-order valence-corrected chi connectivity index (χ3v) is 12.7. The molecule has 0 amide bonds. The number of allylic oxidation sites excluding steroid dienone is 2. The van der Waals surface area contributed by atoms with Crippen LogP contribution in [-0.2, 0) is 33.6 Å². The Balaban J connectivity index is 1.78. The first-order valence-corrected chi connectivity index (χ1v) is 13.8. The number of rotatable bonds is 4. The maximum absolute atomic E-state index is 13.0. The van der Waals surface area contributed by atoms with Crippen LogP contribution in [0.2, 0.25) is 0 Å². The molecule has 0 spiro atoms. The molecule has 1 fully saturated rings. The van der Waals surface area contributed by atoms with Gasteiger partial charge in [-0.3, -0.25) is 0 Å². The maximum atomic E-state index is 13.0. The molecule has 2 aliphatic carbocycles. The molecule has 2 unspecified atom stereocenters. The number of hydrogen-bond donors (Lipinski definition) is 0. The second-order valence-electron chi connectivity index (χ2n) is 8.80. The zero-order valence-electron chi connectivity index (χ0n) is 18.2. The third-order valence-electron chi connectivity index (χ3n) is 6.45. The summed E-state index contributed by atoms with van der Waals surface area (Å²) in [6.45, 7) is 10.8. The first-order chi connectivity index (χ1) is 15.3. The minimum absolute atomic E-state index is 0.230. The van der Waals surface area contributed by atoms with Gasteiger partial charge < -0.3 is 0 Å². The van der Waals surface area contributed by atoms with E-state index in [1.807, 2.05) is 24.3 Å². The van der Waals surface area contributed by atoms with Gasteiger partial charge in [-0.25, -0.2) is 0 Å². The van der Waals surface area contributed by atoms with Gasteiger partial charge in [-0.1, -0.05) is 0 Å². The summed E-state index contributed by atoms with van der Waals surface area (Å²) in [5.41, 5.74) is 7.19. The second-order valence-corrected chi connectivity index (χ2v) is 13.5. The van der Waals surface area contributed by atoms with Crippen LogP contribution in [0.25, 0.3) is 12.2 Å². The molecule has 0 radical (unpaired) electrons. The van der Waals surface area contributed by atoms with Crippen LogP contribution in [-0.4, -0.2) is 11.9 Å². The van der Waals surface area contributed by atoms with E-state index in [1.54, 1.807) is 13.8 Å². The number of carbonyl (C=O) groups is 2. The molecule has 5 rings (SSSR count). The van der Waals surface area contributed by atoms with Crippen LogP contribution in [0.3, 0.4) is 0 Å². The van der Waals surface area contributed by atoms with Gasteiger partial charge >= 0.3 is 193 Å².